The summed E-state index contributed by atoms with van der Waals surface area (Å²) in [5.41, 5.74) is 3.96. The molecule has 19 heavy (non-hydrogen) atoms. The Balaban J connectivity index is 2.01. The average Bonchev–Trinajstić information content (AvgIpc) is 2.81. The molecule has 0 spiro atoms. The summed E-state index contributed by atoms with van der Waals surface area (Å²) in [6.45, 7) is 0.857. The van der Waals surface area contributed by atoms with Crippen molar-refractivity contribution in [3.63, 3.8) is 0 Å². The minimum Gasteiger partial charge on any atom is -0.392 e. The third-order valence-corrected chi connectivity index (χ3v) is 4.20. The lowest BCUT2D eigenvalue weighted by atomic mass is 10.1. The summed E-state index contributed by atoms with van der Waals surface area (Å²) >= 11 is 3.45. The van der Waals surface area contributed by atoms with E-state index in [9.17, 15) is 9.50 Å². The lowest BCUT2D eigenvalue weighted by Gasteiger charge is -2.20. The number of hydrogen-bond acceptors (Lipinski definition) is 2. The van der Waals surface area contributed by atoms with Gasteiger partial charge in [0.05, 0.1) is 6.61 Å². The van der Waals surface area contributed by atoms with Crippen LogP contribution in [0.2, 0.25) is 0 Å². The number of anilines is 2. The Bertz CT molecular complexity index is 630. The Morgan fingerprint density at radius 2 is 2.05 bits per heavy atom. The van der Waals surface area contributed by atoms with Crippen LogP contribution in [0.25, 0.3) is 0 Å². The molecule has 98 valence electrons. The molecule has 1 heterocycles. The number of aliphatic hydroxyl groups excluding tert-OH is 1. The maximum absolute atomic E-state index is 13.4. The summed E-state index contributed by atoms with van der Waals surface area (Å²) in [6, 6.07) is 10.7. The van der Waals surface area contributed by atoms with Gasteiger partial charge in [0.15, 0.2) is 0 Å². The van der Waals surface area contributed by atoms with Crippen molar-refractivity contribution >= 4 is 27.3 Å². The maximum atomic E-state index is 13.4. The first-order valence-corrected chi connectivity index (χ1v) is 6.93. The highest BCUT2D eigenvalue weighted by Gasteiger charge is 2.21. The first kappa shape index (κ1) is 12.6. The molecule has 3 rings (SSSR count). The van der Waals surface area contributed by atoms with Crippen molar-refractivity contribution in [2.75, 3.05) is 11.4 Å². The number of fused-ring (bicyclic) bond motifs is 1. The van der Waals surface area contributed by atoms with E-state index in [1.165, 1.54) is 11.6 Å². The van der Waals surface area contributed by atoms with Gasteiger partial charge in [-0.25, -0.2) is 4.39 Å². The Morgan fingerprint density at radius 1 is 1.21 bits per heavy atom. The van der Waals surface area contributed by atoms with E-state index in [1.807, 2.05) is 24.3 Å². The SMILES string of the molecule is OCc1ccc(N2CCc3ccc(F)cc32)cc1Br. The predicted octanol–water partition coefficient (Wildman–Crippen LogP) is 3.77. The second-order valence-electron chi connectivity index (χ2n) is 4.61. The summed E-state index contributed by atoms with van der Waals surface area (Å²) in [6.07, 6.45) is 0.926. The third-order valence-electron chi connectivity index (χ3n) is 3.46. The van der Waals surface area contributed by atoms with Crippen LogP contribution in [0.5, 0.6) is 0 Å². The summed E-state index contributed by atoms with van der Waals surface area (Å²) in [5.74, 6) is -0.211. The van der Waals surface area contributed by atoms with Crippen LogP contribution in [-0.4, -0.2) is 11.7 Å². The van der Waals surface area contributed by atoms with Crippen LogP contribution in [0.3, 0.4) is 0 Å². The molecule has 0 amide bonds. The summed E-state index contributed by atoms with van der Waals surface area (Å²) in [4.78, 5) is 2.10. The molecule has 0 atom stereocenters. The second kappa shape index (κ2) is 4.94. The number of rotatable bonds is 2. The zero-order valence-corrected chi connectivity index (χ0v) is 11.8. The van der Waals surface area contributed by atoms with Crippen LogP contribution in [0.15, 0.2) is 40.9 Å². The molecule has 0 unspecified atom stereocenters. The monoisotopic (exact) mass is 321 g/mol. The van der Waals surface area contributed by atoms with Gasteiger partial charge in [0.25, 0.3) is 0 Å². The largest absolute Gasteiger partial charge is 0.392 e. The Kier molecular flexibility index (Phi) is 3.29. The predicted molar refractivity (Wildman–Crippen MR) is 77.2 cm³/mol. The van der Waals surface area contributed by atoms with Crippen molar-refractivity contribution < 1.29 is 9.50 Å². The molecule has 0 saturated carbocycles. The fourth-order valence-electron chi connectivity index (χ4n) is 2.45. The van der Waals surface area contributed by atoms with Gasteiger partial charge in [-0.3, -0.25) is 0 Å². The van der Waals surface area contributed by atoms with Crippen molar-refractivity contribution in [3.05, 3.63) is 57.8 Å². The van der Waals surface area contributed by atoms with Gasteiger partial charge in [-0.2, -0.15) is 0 Å². The van der Waals surface area contributed by atoms with Gasteiger partial charge in [0.1, 0.15) is 5.82 Å². The smallest absolute Gasteiger partial charge is 0.125 e. The van der Waals surface area contributed by atoms with Crippen LogP contribution < -0.4 is 4.90 Å². The fraction of sp³-hybridized carbons (Fsp3) is 0.200. The maximum Gasteiger partial charge on any atom is 0.125 e. The number of benzene rings is 2. The van der Waals surface area contributed by atoms with Gasteiger partial charge >= 0.3 is 0 Å². The molecule has 2 aromatic carbocycles. The van der Waals surface area contributed by atoms with E-state index in [0.717, 1.165) is 34.4 Å². The summed E-state index contributed by atoms with van der Waals surface area (Å²) < 4.78 is 14.3. The quantitative estimate of drug-likeness (QED) is 0.910. The molecule has 1 aliphatic heterocycles. The molecule has 0 aromatic heterocycles. The fourth-order valence-corrected chi connectivity index (χ4v) is 2.95. The van der Waals surface area contributed by atoms with Crippen molar-refractivity contribution in [3.8, 4) is 0 Å². The molecular formula is C15H13BrFNO. The van der Waals surface area contributed by atoms with Crippen LogP contribution in [0, 0.1) is 5.82 Å². The number of aliphatic hydroxyl groups is 1. The zero-order valence-electron chi connectivity index (χ0n) is 10.2. The summed E-state index contributed by atoms with van der Waals surface area (Å²) in [5, 5.41) is 9.18. The van der Waals surface area contributed by atoms with Gasteiger partial charge in [0, 0.05) is 22.4 Å². The lowest BCUT2D eigenvalue weighted by Crippen LogP contribution is -2.13. The first-order valence-electron chi connectivity index (χ1n) is 6.14. The minimum absolute atomic E-state index is 0.00603. The van der Waals surface area contributed by atoms with E-state index >= 15 is 0 Å². The molecule has 1 N–H and O–H groups in total. The van der Waals surface area contributed by atoms with E-state index in [1.54, 1.807) is 6.07 Å². The van der Waals surface area contributed by atoms with Gasteiger partial charge in [-0.1, -0.05) is 28.1 Å². The molecule has 0 fully saturated rings. The summed E-state index contributed by atoms with van der Waals surface area (Å²) in [7, 11) is 0. The van der Waals surface area contributed by atoms with Gasteiger partial charge in [-0.05, 0) is 41.8 Å². The van der Waals surface area contributed by atoms with E-state index < -0.39 is 0 Å². The highest BCUT2D eigenvalue weighted by molar-refractivity contribution is 9.10. The normalized spacial score (nSPS) is 13.7. The lowest BCUT2D eigenvalue weighted by molar-refractivity contribution is 0.281. The molecule has 2 aromatic rings. The van der Waals surface area contributed by atoms with E-state index in [-0.39, 0.29) is 12.4 Å². The first-order chi connectivity index (χ1) is 9.19. The molecule has 0 aliphatic carbocycles. The Hall–Kier alpha value is -1.39. The molecule has 0 bridgehead atoms. The molecule has 0 saturated heterocycles. The average molecular weight is 322 g/mol. The van der Waals surface area contributed by atoms with Crippen LogP contribution in [0.1, 0.15) is 11.1 Å². The highest BCUT2D eigenvalue weighted by Crippen LogP contribution is 2.36. The van der Waals surface area contributed by atoms with E-state index in [2.05, 4.69) is 20.8 Å². The molecule has 0 radical (unpaired) electrons. The van der Waals surface area contributed by atoms with Gasteiger partial charge in [-0.15, -0.1) is 0 Å². The zero-order chi connectivity index (χ0) is 13.4. The topological polar surface area (TPSA) is 23.5 Å². The highest BCUT2D eigenvalue weighted by atomic mass is 79.9. The standard InChI is InChI=1S/C15H13BrFNO/c16-14-8-13(4-2-11(14)9-19)18-6-5-10-1-3-12(17)7-15(10)18/h1-4,7-8,19H,5-6,9H2. The van der Waals surface area contributed by atoms with E-state index in [0.29, 0.717) is 0 Å². The van der Waals surface area contributed by atoms with Crippen molar-refractivity contribution in [1.29, 1.82) is 0 Å². The van der Waals surface area contributed by atoms with Crippen LogP contribution in [-0.2, 0) is 13.0 Å². The minimum atomic E-state index is -0.211. The van der Waals surface area contributed by atoms with Crippen molar-refractivity contribution in [1.82, 2.24) is 0 Å². The number of hydrogen-bond donors (Lipinski definition) is 1. The van der Waals surface area contributed by atoms with Gasteiger partial charge in [0.2, 0.25) is 0 Å². The number of nitrogens with zero attached hydrogens (tertiary/aromatic N) is 1. The van der Waals surface area contributed by atoms with Crippen molar-refractivity contribution in [2.24, 2.45) is 0 Å². The Labute approximate surface area is 119 Å². The van der Waals surface area contributed by atoms with Crippen LogP contribution in [0.4, 0.5) is 15.8 Å². The molecule has 2 nitrogen and oxygen atoms in total. The molecular weight excluding hydrogens is 309 g/mol. The molecule has 1 aliphatic rings. The van der Waals surface area contributed by atoms with Crippen molar-refractivity contribution in [2.45, 2.75) is 13.0 Å². The van der Waals surface area contributed by atoms with E-state index in [4.69, 9.17) is 0 Å². The second-order valence-corrected chi connectivity index (χ2v) is 5.46. The Morgan fingerprint density at radius 3 is 2.79 bits per heavy atom. The third kappa shape index (κ3) is 2.26. The number of halogens is 2. The molecule has 4 heteroatoms. The van der Waals surface area contributed by atoms with Gasteiger partial charge < -0.3 is 10.0 Å². The van der Waals surface area contributed by atoms with Crippen LogP contribution >= 0.6 is 15.9 Å².